The molecule has 0 fully saturated rings. The lowest BCUT2D eigenvalue weighted by molar-refractivity contribution is -0.160. The summed E-state index contributed by atoms with van der Waals surface area (Å²) in [5.41, 5.74) is 5.33. The Balaban J connectivity index is 3.29. The molecule has 0 spiro atoms. The molecule has 0 amide bonds. The average Bonchev–Trinajstić information content (AvgIpc) is 2.54. The first-order chi connectivity index (χ1) is 12.3. The number of nitrogens with two attached hydrogens (primary N) is 1. The molecule has 9 heteroatoms. The first kappa shape index (κ1) is 25.2. The van der Waals surface area contributed by atoms with Crippen LogP contribution in [-0.4, -0.2) is 95.4 Å². The van der Waals surface area contributed by atoms with E-state index < -0.39 is 11.6 Å². The summed E-state index contributed by atoms with van der Waals surface area (Å²) in [5.74, 6) is -0.392. The van der Waals surface area contributed by atoms with Gasteiger partial charge in [-0.15, -0.1) is 0 Å². The van der Waals surface area contributed by atoms with Crippen molar-refractivity contribution in [1.29, 1.82) is 0 Å². The maximum absolute atomic E-state index is 11.4. The second-order valence-corrected chi connectivity index (χ2v) is 6.50. The predicted molar refractivity (Wildman–Crippen MR) is 95.0 cm³/mol. The van der Waals surface area contributed by atoms with Crippen LogP contribution in [0.5, 0.6) is 0 Å². The zero-order valence-electron chi connectivity index (χ0n) is 16.2. The molecular formula is C17H35NO8. The fourth-order valence-corrected chi connectivity index (χ4v) is 1.67. The molecule has 0 aromatic carbocycles. The molecule has 3 N–H and O–H groups in total. The van der Waals surface area contributed by atoms with Gasteiger partial charge < -0.3 is 39.3 Å². The molecule has 0 aliphatic carbocycles. The lowest BCUT2D eigenvalue weighted by atomic mass is 10.2. The average molecular weight is 381 g/mol. The van der Waals surface area contributed by atoms with Gasteiger partial charge in [-0.3, -0.25) is 0 Å². The van der Waals surface area contributed by atoms with Crippen LogP contribution in [0, 0.1) is 0 Å². The van der Waals surface area contributed by atoms with E-state index in [1.54, 1.807) is 20.8 Å². The van der Waals surface area contributed by atoms with E-state index in [1.165, 1.54) is 0 Å². The highest BCUT2D eigenvalue weighted by atomic mass is 16.6. The number of esters is 1. The first-order valence-electron chi connectivity index (χ1n) is 8.82. The van der Waals surface area contributed by atoms with Crippen molar-refractivity contribution in [3.63, 3.8) is 0 Å². The van der Waals surface area contributed by atoms with Gasteiger partial charge in [-0.1, -0.05) is 0 Å². The van der Waals surface area contributed by atoms with E-state index in [0.29, 0.717) is 59.5 Å². The summed E-state index contributed by atoms with van der Waals surface area (Å²) >= 11 is 0. The summed E-state index contributed by atoms with van der Waals surface area (Å²) in [6, 6.07) is -0.218. The van der Waals surface area contributed by atoms with Gasteiger partial charge in [0.25, 0.3) is 0 Å². The SMILES string of the molecule is CC(C)(C)OC(=O)COCCOCCOC[C@H](N)COCCOCCO. The van der Waals surface area contributed by atoms with Crippen molar-refractivity contribution < 1.29 is 38.3 Å². The first-order valence-corrected chi connectivity index (χ1v) is 8.82. The molecule has 9 nitrogen and oxygen atoms in total. The summed E-state index contributed by atoms with van der Waals surface area (Å²) in [6.45, 7) is 8.76. The van der Waals surface area contributed by atoms with Crippen LogP contribution in [0.3, 0.4) is 0 Å². The number of carbonyl (C=O) groups is 1. The molecular weight excluding hydrogens is 346 g/mol. The molecule has 0 saturated heterocycles. The lowest BCUT2D eigenvalue weighted by Crippen LogP contribution is -2.32. The van der Waals surface area contributed by atoms with E-state index in [1.807, 2.05) is 0 Å². The summed E-state index contributed by atoms with van der Waals surface area (Å²) in [5, 5.41) is 8.53. The smallest absolute Gasteiger partial charge is 0.332 e. The van der Waals surface area contributed by atoms with Crippen LogP contribution < -0.4 is 5.73 Å². The predicted octanol–water partition coefficient (Wildman–Crippen LogP) is -0.269. The molecule has 0 aromatic heterocycles. The van der Waals surface area contributed by atoms with Crippen LogP contribution in [0.2, 0.25) is 0 Å². The van der Waals surface area contributed by atoms with Crippen molar-refractivity contribution in [3.05, 3.63) is 0 Å². The maximum atomic E-state index is 11.4. The minimum atomic E-state index is -0.506. The Morgan fingerprint density at radius 3 is 1.81 bits per heavy atom. The van der Waals surface area contributed by atoms with Crippen LogP contribution in [0.25, 0.3) is 0 Å². The standard InChI is InChI=1S/C17H35NO8/c1-17(2,3)26-16(20)14-25-11-8-22-7-10-24-13-15(18)12-23-9-6-21-5-4-19/h15,19H,4-14,18H2,1-3H3/t15-/m1/s1. The van der Waals surface area contributed by atoms with E-state index >= 15 is 0 Å². The topological polar surface area (TPSA) is 119 Å². The third-order valence-electron chi connectivity index (χ3n) is 2.66. The van der Waals surface area contributed by atoms with Crippen molar-refractivity contribution in [1.82, 2.24) is 0 Å². The van der Waals surface area contributed by atoms with Crippen molar-refractivity contribution in [3.8, 4) is 0 Å². The van der Waals surface area contributed by atoms with Gasteiger partial charge in [0.05, 0.1) is 72.1 Å². The van der Waals surface area contributed by atoms with Gasteiger partial charge in [0.2, 0.25) is 0 Å². The van der Waals surface area contributed by atoms with Gasteiger partial charge in [-0.05, 0) is 20.8 Å². The number of ether oxygens (including phenoxy) is 6. The Bertz CT molecular complexity index is 335. The van der Waals surface area contributed by atoms with E-state index in [0.717, 1.165) is 0 Å². The van der Waals surface area contributed by atoms with Gasteiger partial charge in [-0.2, -0.15) is 0 Å². The summed E-state index contributed by atoms with van der Waals surface area (Å²) in [6.07, 6.45) is 0. The third kappa shape index (κ3) is 19.5. The second kappa shape index (κ2) is 16.4. The van der Waals surface area contributed by atoms with Crippen LogP contribution in [0.1, 0.15) is 20.8 Å². The Hall–Kier alpha value is -0.810. The zero-order chi connectivity index (χ0) is 19.7. The quantitative estimate of drug-likeness (QED) is 0.259. The number of aliphatic hydroxyl groups is 1. The van der Waals surface area contributed by atoms with Crippen molar-refractivity contribution in [2.75, 3.05) is 72.7 Å². The largest absolute Gasteiger partial charge is 0.458 e. The molecule has 1 atom stereocenters. The molecule has 0 aliphatic heterocycles. The molecule has 156 valence electrons. The van der Waals surface area contributed by atoms with Crippen LogP contribution in [0.15, 0.2) is 0 Å². The normalized spacial score (nSPS) is 13.0. The summed E-state index contributed by atoms with van der Waals surface area (Å²) in [4.78, 5) is 11.4. The Morgan fingerprint density at radius 1 is 0.846 bits per heavy atom. The number of rotatable bonds is 17. The molecule has 0 aliphatic rings. The fourth-order valence-electron chi connectivity index (χ4n) is 1.67. The summed E-state index contributed by atoms with van der Waals surface area (Å²) in [7, 11) is 0. The van der Waals surface area contributed by atoms with Gasteiger partial charge in [0.1, 0.15) is 12.2 Å². The number of hydrogen-bond donors (Lipinski definition) is 2. The molecule has 0 aromatic rings. The Kier molecular flexibility index (Phi) is 15.9. The third-order valence-corrected chi connectivity index (χ3v) is 2.66. The molecule has 0 rings (SSSR count). The van der Waals surface area contributed by atoms with Gasteiger partial charge in [0, 0.05) is 0 Å². The Morgan fingerprint density at radius 2 is 1.31 bits per heavy atom. The molecule has 0 radical (unpaired) electrons. The van der Waals surface area contributed by atoms with Crippen molar-refractivity contribution in [2.24, 2.45) is 5.73 Å². The second-order valence-electron chi connectivity index (χ2n) is 6.50. The lowest BCUT2D eigenvalue weighted by Gasteiger charge is -2.19. The van der Waals surface area contributed by atoms with Crippen LogP contribution in [-0.2, 0) is 33.2 Å². The molecule has 0 bridgehead atoms. The van der Waals surface area contributed by atoms with Crippen LogP contribution in [0.4, 0.5) is 0 Å². The molecule has 0 unspecified atom stereocenters. The molecule has 0 heterocycles. The Labute approximate surface area is 156 Å². The number of hydrogen-bond acceptors (Lipinski definition) is 9. The number of carbonyl (C=O) groups excluding carboxylic acids is 1. The van der Waals surface area contributed by atoms with E-state index in [4.69, 9.17) is 39.3 Å². The highest BCUT2D eigenvalue weighted by Gasteiger charge is 2.15. The van der Waals surface area contributed by atoms with Gasteiger partial charge >= 0.3 is 5.97 Å². The van der Waals surface area contributed by atoms with E-state index in [9.17, 15) is 4.79 Å². The van der Waals surface area contributed by atoms with Crippen molar-refractivity contribution >= 4 is 5.97 Å². The summed E-state index contributed by atoms with van der Waals surface area (Å²) < 4.78 is 31.3. The van der Waals surface area contributed by atoms with E-state index in [2.05, 4.69) is 0 Å². The van der Waals surface area contributed by atoms with Gasteiger partial charge in [0.15, 0.2) is 0 Å². The molecule has 0 saturated carbocycles. The highest BCUT2D eigenvalue weighted by molar-refractivity contribution is 5.71. The minimum absolute atomic E-state index is 0.00525. The number of aliphatic hydroxyl groups excluding tert-OH is 1. The monoisotopic (exact) mass is 381 g/mol. The zero-order valence-corrected chi connectivity index (χ0v) is 16.2. The molecule has 26 heavy (non-hydrogen) atoms. The minimum Gasteiger partial charge on any atom is -0.458 e. The maximum Gasteiger partial charge on any atom is 0.332 e. The van der Waals surface area contributed by atoms with Crippen molar-refractivity contribution in [2.45, 2.75) is 32.4 Å². The van der Waals surface area contributed by atoms with E-state index in [-0.39, 0.29) is 19.3 Å². The van der Waals surface area contributed by atoms with Crippen LogP contribution >= 0.6 is 0 Å². The highest BCUT2D eigenvalue weighted by Crippen LogP contribution is 2.06. The van der Waals surface area contributed by atoms with Gasteiger partial charge in [-0.25, -0.2) is 4.79 Å². The fraction of sp³-hybridized carbons (Fsp3) is 0.941.